The molecule has 139 heavy (non-hydrogen) atoms. The number of hydrogen-bond acceptors (Lipinski definition) is 5. The molecule has 5 nitrogen and oxygen atoms in total. The third-order valence-electron chi connectivity index (χ3n) is 27.9. The van der Waals surface area contributed by atoms with Crippen molar-refractivity contribution in [1.82, 2.24) is 4.57 Å². The molecular formula is C133H91N5S. The van der Waals surface area contributed by atoms with Gasteiger partial charge in [-0.1, -0.05) is 364 Å². The summed E-state index contributed by atoms with van der Waals surface area (Å²) in [5.74, 6) is 0. The third-order valence-corrected chi connectivity index (χ3v) is 29.0. The monoisotopic (exact) mass is 1790 g/mol. The topological polar surface area (TPSA) is 17.9 Å². The first-order chi connectivity index (χ1) is 68.9. The molecular weight excluding hydrogens is 1700 g/mol. The lowest BCUT2D eigenvalue weighted by molar-refractivity contribution is 0.793. The maximum Gasteiger partial charge on any atom is 0.0726 e. The fourth-order valence-corrected chi connectivity index (χ4v) is 22.5. The average molecular weight is 1790 g/mol. The summed E-state index contributed by atoms with van der Waals surface area (Å²) in [5, 5.41) is 5.01. The molecule has 0 bridgehead atoms. The molecule has 2 aromatic heterocycles. The standard InChI is InChI=1S/C67H46N2.C66H45N3S/c1-4-17-47(18-5-1)48-31-37-55(38-32-48)68(53-21-6-2-7-22-53)56-39-33-49(34-40-56)51-19-16-20-52(45-51)50-35-41-57(42-36-50)69(54-23-8-3-9-24-54)58-43-44-62-61-27-12-15-30-65(61)67(66(62)46-58)63-28-13-10-25-59(63)60-26-11-14-29-64(60)67;1-4-16-46(17-5-1)47-30-38-55(39-31-47)68(62-27-15-28-63-66(62)59-25-10-12-26-61(59)69(63)53-22-8-3-9-23-53)56-40-34-49(35-41-56)51-19-14-18-50(44-51)48-32-36-54(37-33-48)67(52-20-6-2-7-21-52)57-42-43-65-60(45-57)58-24-11-13-29-64(58)70-65/h1-46H;1-45H. The highest BCUT2D eigenvalue weighted by molar-refractivity contribution is 7.25. The van der Waals surface area contributed by atoms with E-state index in [2.05, 4.69) is 576 Å². The number of thiophene rings is 1. The lowest BCUT2D eigenvalue weighted by Crippen LogP contribution is -2.26. The van der Waals surface area contributed by atoms with Gasteiger partial charge in [-0.2, -0.15) is 0 Å². The van der Waals surface area contributed by atoms with Crippen molar-refractivity contribution in [1.29, 1.82) is 0 Å². The van der Waals surface area contributed by atoms with Crippen LogP contribution in [0.15, 0.2) is 552 Å². The summed E-state index contributed by atoms with van der Waals surface area (Å²) in [6.45, 7) is 0. The molecule has 1 spiro atoms. The molecule has 22 aromatic carbocycles. The molecule has 0 N–H and O–H groups in total. The van der Waals surface area contributed by atoms with Crippen LogP contribution in [-0.2, 0) is 5.41 Å². The summed E-state index contributed by atoms with van der Waals surface area (Å²) in [4.78, 5) is 9.50. The van der Waals surface area contributed by atoms with E-state index in [0.29, 0.717) is 0 Å². The molecule has 0 radical (unpaired) electrons. The van der Waals surface area contributed by atoms with Gasteiger partial charge in [0.15, 0.2) is 0 Å². The zero-order valence-corrected chi connectivity index (χ0v) is 77.0. The number of anilines is 12. The SMILES string of the molecule is c1ccc(-c2ccc(N(c3ccc(-c4cccc(-c5ccc(N(c6ccccc6)c6ccc7sc8ccccc8c7c6)cc5)c4)cc3)c3cccc4c3c3ccccc3n4-c3ccccc3)cc2)cc1.c1ccc(-c2ccc(N(c3ccccc3)c3ccc(-c4cccc(-c5ccc(N(c6ccccc6)c6ccc7c(c6)C6(c8ccccc8-c8ccccc86)c6ccccc6-7)cc5)c4)cc3)cc2)cc1. The van der Waals surface area contributed by atoms with Crippen LogP contribution in [0.25, 0.3) is 137 Å². The Morgan fingerprint density at radius 1 is 0.165 bits per heavy atom. The Morgan fingerprint density at radius 2 is 0.453 bits per heavy atom. The molecule has 24 aromatic rings. The predicted molar refractivity (Wildman–Crippen MR) is 588 cm³/mol. The molecule has 6 heteroatoms. The second kappa shape index (κ2) is 35.8. The second-order valence-electron chi connectivity index (χ2n) is 35.8. The van der Waals surface area contributed by atoms with Crippen molar-refractivity contribution in [3.05, 3.63) is 574 Å². The largest absolute Gasteiger partial charge is 0.311 e. The van der Waals surface area contributed by atoms with Gasteiger partial charge in [0.1, 0.15) is 0 Å². The lowest BCUT2D eigenvalue weighted by Gasteiger charge is -2.32. The number of benzene rings is 22. The van der Waals surface area contributed by atoms with Crippen LogP contribution < -0.4 is 19.6 Å². The van der Waals surface area contributed by atoms with Crippen molar-refractivity contribution in [2.75, 3.05) is 19.6 Å². The van der Waals surface area contributed by atoms with Crippen molar-refractivity contribution in [3.63, 3.8) is 0 Å². The fraction of sp³-hybridized carbons (Fsp3) is 0.00752. The van der Waals surface area contributed by atoms with Crippen LogP contribution in [0.2, 0.25) is 0 Å². The summed E-state index contributed by atoms with van der Waals surface area (Å²) in [5.41, 5.74) is 41.2. The zero-order valence-electron chi connectivity index (χ0n) is 76.2. The number of hydrogen-bond donors (Lipinski definition) is 0. The number of fused-ring (bicyclic) bond motifs is 16. The van der Waals surface area contributed by atoms with Gasteiger partial charge in [-0.3, -0.25) is 0 Å². The molecule has 0 atom stereocenters. The van der Waals surface area contributed by atoms with Gasteiger partial charge in [0, 0.05) is 99.2 Å². The van der Waals surface area contributed by atoms with E-state index in [1.165, 1.54) is 148 Å². The predicted octanol–water partition coefficient (Wildman–Crippen LogP) is 37.1. The summed E-state index contributed by atoms with van der Waals surface area (Å²) < 4.78 is 5.00. The van der Waals surface area contributed by atoms with Gasteiger partial charge in [0.25, 0.3) is 0 Å². The maximum atomic E-state index is 2.46. The molecule has 0 fully saturated rings. The normalized spacial score (nSPS) is 11.9. The first-order valence-corrected chi connectivity index (χ1v) is 48.5. The zero-order chi connectivity index (χ0) is 92.1. The van der Waals surface area contributed by atoms with Gasteiger partial charge < -0.3 is 24.2 Å². The van der Waals surface area contributed by atoms with E-state index in [1.807, 2.05) is 11.3 Å². The lowest BCUT2D eigenvalue weighted by atomic mass is 9.70. The van der Waals surface area contributed by atoms with E-state index >= 15 is 0 Å². The summed E-state index contributed by atoms with van der Waals surface area (Å²) >= 11 is 1.85. The van der Waals surface area contributed by atoms with E-state index in [1.54, 1.807) is 0 Å². The van der Waals surface area contributed by atoms with Crippen LogP contribution in [0.1, 0.15) is 22.3 Å². The molecule has 2 aliphatic carbocycles. The van der Waals surface area contributed by atoms with Crippen LogP contribution in [0, 0.1) is 0 Å². The summed E-state index contributed by atoms with van der Waals surface area (Å²) in [7, 11) is 0. The maximum absolute atomic E-state index is 2.46. The third kappa shape index (κ3) is 15.1. The number of para-hydroxylation sites is 5. The van der Waals surface area contributed by atoms with Crippen LogP contribution in [0.4, 0.5) is 68.2 Å². The first-order valence-electron chi connectivity index (χ1n) is 47.7. The van der Waals surface area contributed by atoms with Gasteiger partial charge in [0.2, 0.25) is 0 Å². The van der Waals surface area contributed by atoms with Gasteiger partial charge in [-0.15, -0.1) is 11.3 Å². The fourth-order valence-electron chi connectivity index (χ4n) is 21.5. The Bertz CT molecular complexity index is 8560. The van der Waals surface area contributed by atoms with E-state index in [4.69, 9.17) is 0 Å². The van der Waals surface area contributed by atoms with E-state index < -0.39 is 5.41 Å². The molecule has 0 amide bonds. The molecule has 26 rings (SSSR count). The van der Waals surface area contributed by atoms with Crippen molar-refractivity contribution in [2.45, 2.75) is 5.41 Å². The highest BCUT2D eigenvalue weighted by atomic mass is 32.1. The van der Waals surface area contributed by atoms with Gasteiger partial charge in [-0.25, -0.2) is 0 Å². The Kier molecular flexibility index (Phi) is 21.4. The van der Waals surface area contributed by atoms with Crippen molar-refractivity contribution < 1.29 is 0 Å². The summed E-state index contributed by atoms with van der Waals surface area (Å²) in [6, 6.07) is 201. The molecule has 0 unspecified atom stereocenters. The van der Waals surface area contributed by atoms with Crippen molar-refractivity contribution in [2.24, 2.45) is 0 Å². The molecule has 0 saturated heterocycles. The summed E-state index contributed by atoms with van der Waals surface area (Å²) in [6.07, 6.45) is 0. The molecule has 0 aliphatic heterocycles. The molecule has 2 aliphatic rings. The first kappa shape index (κ1) is 82.9. The van der Waals surface area contributed by atoms with Crippen LogP contribution in [0.5, 0.6) is 0 Å². The van der Waals surface area contributed by atoms with Gasteiger partial charge in [-0.05, 0) is 299 Å². The minimum Gasteiger partial charge on any atom is -0.311 e. The Balaban J connectivity index is 0.000000147. The minimum absolute atomic E-state index is 0.414. The number of nitrogens with zero attached hydrogens (tertiary/aromatic N) is 5. The smallest absolute Gasteiger partial charge is 0.0726 e. The quantitative estimate of drug-likeness (QED) is 0.0803. The average Bonchev–Trinajstić information content (AvgIpc) is 1.50. The van der Waals surface area contributed by atoms with Crippen LogP contribution >= 0.6 is 11.3 Å². The van der Waals surface area contributed by atoms with Crippen molar-refractivity contribution >= 4 is 122 Å². The van der Waals surface area contributed by atoms with E-state index in [9.17, 15) is 0 Å². The van der Waals surface area contributed by atoms with Gasteiger partial charge in [0.05, 0.1) is 22.1 Å². The molecule has 2 heterocycles. The Morgan fingerprint density at radius 3 is 0.892 bits per heavy atom. The molecule has 654 valence electrons. The minimum atomic E-state index is -0.414. The number of rotatable bonds is 19. The van der Waals surface area contributed by atoms with E-state index in [-0.39, 0.29) is 0 Å². The second-order valence-corrected chi connectivity index (χ2v) is 36.9. The van der Waals surface area contributed by atoms with Crippen molar-refractivity contribution in [3.8, 4) is 94.7 Å². The molecule has 0 saturated carbocycles. The van der Waals surface area contributed by atoms with Crippen LogP contribution in [-0.4, -0.2) is 4.57 Å². The Labute approximate surface area is 814 Å². The Hall–Kier alpha value is -17.9. The highest BCUT2D eigenvalue weighted by Crippen LogP contribution is 2.64. The highest BCUT2D eigenvalue weighted by Gasteiger charge is 2.52. The van der Waals surface area contributed by atoms with E-state index in [0.717, 1.165) is 79.5 Å². The van der Waals surface area contributed by atoms with Crippen LogP contribution in [0.3, 0.4) is 0 Å². The van der Waals surface area contributed by atoms with Gasteiger partial charge >= 0.3 is 0 Å². The number of aromatic nitrogens is 1.